The highest BCUT2D eigenvalue weighted by atomic mass is 35.5. The predicted octanol–water partition coefficient (Wildman–Crippen LogP) is 4.11. The average Bonchev–Trinajstić information content (AvgIpc) is 3.15. The Morgan fingerprint density at radius 2 is 1.96 bits per heavy atom. The second kappa shape index (κ2) is 8.65. The maximum atomic E-state index is 12.5. The topological polar surface area (TPSA) is 50.2 Å². The summed E-state index contributed by atoms with van der Waals surface area (Å²) in [4.78, 5) is 19.1. The number of piperidine rings is 1. The number of carbonyl (C=O) groups is 1. The third kappa shape index (κ3) is 4.30. The lowest BCUT2D eigenvalue weighted by molar-refractivity contribution is -0.125. The van der Waals surface area contributed by atoms with E-state index in [2.05, 4.69) is 56.3 Å². The summed E-state index contributed by atoms with van der Waals surface area (Å²) in [5.74, 6) is 1.21. The first kappa shape index (κ1) is 18.8. The van der Waals surface area contributed by atoms with Gasteiger partial charge in [-0.3, -0.25) is 4.79 Å². The number of pyridine rings is 1. The molecule has 4 rings (SSSR count). The molecule has 0 atom stereocenters. The second-order valence-corrected chi connectivity index (χ2v) is 7.74. The first-order chi connectivity index (χ1) is 13.7. The molecule has 1 fully saturated rings. The summed E-state index contributed by atoms with van der Waals surface area (Å²) in [5, 5.41) is 5.02. The Balaban J connectivity index is 1.20. The Hall–Kier alpha value is -2.53. The minimum Gasteiger partial charge on any atom is -0.357 e. The highest BCUT2D eigenvalue weighted by Crippen LogP contribution is 2.23. The predicted molar refractivity (Wildman–Crippen MR) is 114 cm³/mol. The van der Waals surface area contributed by atoms with Gasteiger partial charge in [-0.1, -0.05) is 29.8 Å². The number of benzene rings is 1. The number of aromatic nitrogens is 2. The fourth-order valence-corrected chi connectivity index (χ4v) is 3.98. The van der Waals surface area contributed by atoms with E-state index < -0.39 is 0 Å². The lowest BCUT2D eigenvalue weighted by Gasteiger charge is -2.32. The molecule has 1 aliphatic rings. The molecule has 1 amide bonds. The molecular weight excluding hydrogens is 372 g/mol. The second-order valence-electron chi connectivity index (χ2n) is 7.31. The van der Waals surface area contributed by atoms with Crippen LogP contribution in [-0.2, 0) is 11.3 Å². The van der Waals surface area contributed by atoms with Crippen LogP contribution in [0.4, 0.5) is 5.82 Å². The number of nitrogens with one attached hydrogen (secondary N) is 1. The molecule has 28 heavy (non-hydrogen) atoms. The van der Waals surface area contributed by atoms with Crippen LogP contribution >= 0.6 is 11.6 Å². The number of rotatable bonds is 6. The summed E-state index contributed by atoms with van der Waals surface area (Å²) >= 11 is 5.90. The van der Waals surface area contributed by atoms with E-state index in [4.69, 9.17) is 11.6 Å². The van der Waals surface area contributed by atoms with Crippen molar-refractivity contribution >= 4 is 34.2 Å². The molecule has 2 aromatic heterocycles. The quantitative estimate of drug-likeness (QED) is 0.638. The molecule has 1 aliphatic heterocycles. The maximum Gasteiger partial charge on any atom is 0.223 e. The first-order valence-corrected chi connectivity index (χ1v) is 10.3. The number of amides is 1. The van der Waals surface area contributed by atoms with E-state index in [1.807, 2.05) is 12.1 Å². The van der Waals surface area contributed by atoms with E-state index in [1.165, 1.54) is 10.9 Å². The third-order valence-corrected chi connectivity index (χ3v) is 5.68. The summed E-state index contributed by atoms with van der Waals surface area (Å²) in [6, 6.07) is 14.3. The van der Waals surface area contributed by atoms with Crippen molar-refractivity contribution in [3.63, 3.8) is 0 Å². The van der Waals surface area contributed by atoms with E-state index in [0.29, 0.717) is 11.6 Å². The van der Waals surface area contributed by atoms with Gasteiger partial charge in [-0.25, -0.2) is 4.98 Å². The molecule has 1 N–H and O–H groups in total. The van der Waals surface area contributed by atoms with Gasteiger partial charge < -0.3 is 14.8 Å². The fraction of sp³-hybridized carbons (Fsp3) is 0.364. The number of aryl methyl sites for hydroxylation is 1. The number of hydrogen-bond donors (Lipinski definition) is 1. The van der Waals surface area contributed by atoms with E-state index in [1.54, 1.807) is 6.20 Å². The molecule has 3 heterocycles. The molecule has 0 bridgehead atoms. The Bertz CT molecular complexity index is 929. The van der Waals surface area contributed by atoms with E-state index in [0.717, 1.165) is 44.7 Å². The van der Waals surface area contributed by atoms with Crippen molar-refractivity contribution in [1.29, 1.82) is 0 Å². The van der Waals surface area contributed by atoms with Crippen LogP contribution in [0.2, 0.25) is 5.02 Å². The standard InChI is InChI=1S/C22H25ClN4O/c23-19-6-7-21(25-16-19)27-14-9-18(10-15-27)22(28)24-11-3-12-26-13-8-17-4-1-2-5-20(17)26/h1-2,4-8,13,16,18H,3,9-12,14-15H2,(H,24,28). The Morgan fingerprint density at radius 1 is 1.14 bits per heavy atom. The van der Waals surface area contributed by atoms with Crippen molar-refractivity contribution < 1.29 is 4.79 Å². The van der Waals surface area contributed by atoms with Gasteiger partial charge in [0.15, 0.2) is 0 Å². The molecule has 0 aliphatic carbocycles. The van der Waals surface area contributed by atoms with Crippen LogP contribution < -0.4 is 10.2 Å². The monoisotopic (exact) mass is 396 g/mol. The Kier molecular flexibility index (Phi) is 5.81. The van der Waals surface area contributed by atoms with Crippen LogP contribution in [0.5, 0.6) is 0 Å². The number of fused-ring (bicyclic) bond motifs is 1. The van der Waals surface area contributed by atoms with E-state index in [9.17, 15) is 4.79 Å². The summed E-state index contributed by atoms with van der Waals surface area (Å²) in [5.41, 5.74) is 1.25. The smallest absolute Gasteiger partial charge is 0.223 e. The number of hydrogen-bond acceptors (Lipinski definition) is 3. The van der Waals surface area contributed by atoms with Gasteiger partial charge >= 0.3 is 0 Å². The molecule has 5 nitrogen and oxygen atoms in total. The van der Waals surface area contributed by atoms with Crippen LogP contribution in [0, 0.1) is 5.92 Å². The normalized spacial score (nSPS) is 15.1. The highest BCUT2D eigenvalue weighted by Gasteiger charge is 2.25. The SMILES string of the molecule is O=C(NCCCn1ccc2ccccc21)C1CCN(c2ccc(Cl)cn2)CC1. The molecule has 0 radical (unpaired) electrons. The summed E-state index contributed by atoms with van der Waals surface area (Å²) in [7, 11) is 0. The first-order valence-electron chi connectivity index (χ1n) is 9.89. The number of halogens is 1. The number of nitrogens with zero attached hydrogens (tertiary/aromatic N) is 3. The van der Waals surface area contributed by atoms with Crippen LogP contribution in [0.15, 0.2) is 54.9 Å². The van der Waals surface area contributed by atoms with Crippen molar-refractivity contribution in [2.45, 2.75) is 25.8 Å². The third-order valence-electron chi connectivity index (χ3n) is 5.46. The zero-order valence-corrected chi connectivity index (χ0v) is 16.6. The number of anilines is 1. The Morgan fingerprint density at radius 3 is 2.75 bits per heavy atom. The van der Waals surface area contributed by atoms with Crippen molar-refractivity contribution in [3.8, 4) is 0 Å². The number of carbonyl (C=O) groups excluding carboxylic acids is 1. The molecule has 0 saturated carbocycles. The lowest BCUT2D eigenvalue weighted by Crippen LogP contribution is -2.41. The summed E-state index contributed by atoms with van der Waals surface area (Å²) in [6.07, 6.45) is 6.44. The zero-order valence-electron chi connectivity index (χ0n) is 15.9. The Labute approximate surface area is 170 Å². The van der Waals surface area contributed by atoms with Crippen molar-refractivity contribution in [1.82, 2.24) is 14.9 Å². The van der Waals surface area contributed by atoms with Crippen LogP contribution in [-0.4, -0.2) is 35.1 Å². The average molecular weight is 397 g/mol. The maximum absolute atomic E-state index is 12.5. The van der Waals surface area contributed by atoms with Gasteiger partial charge in [0.05, 0.1) is 5.02 Å². The summed E-state index contributed by atoms with van der Waals surface area (Å²) in [6.45, 7) is 3.32. The van der Waals surface area contributed by atoms with Gasteiger partial charge in [0.2, 0.25) is 5.91 Å². The molecular formula is C22H25ClN4O. The van der Waals surface area contributed by atoms with Crippen molar-refractivity contribution in [2.75, 3.05) is 24.5 Å². The van der Waals surface area contributed by atoms with Crippen molar-refractivity contribution in [3.05, 3.63) is 59.9 Å². The largest absolute Gasteiger partial charge is 0.357 e. The highest BCUT2D eigenvalue weighted by molar-refractivity contribution is 6.30. The van der Waals surface area contributed by atoms with Gasteiger partial charge in [-0.2, -0.15) is 0 Å². The van der Waals surface area contributed by atoms with Gasteiger partial charge in [0.25, 0.3) is 0 Å². The van der Waals surface area contributed by atoms with Gasteiger partial charge in [0, 0.05) is 50.0 Å². The van der Waals surface area contributed by atoms with E-state index >= 15 is 0 Å². The van der Waals surface area contributed by atoms with Crippen LogP contribution in [0.1, 0.15) is 19.3 Å². The lowest BCUT2D eigenvalue weighted by atomic mass is 9.96. The fourth-order valence-electron chi connectivity index (χ4n) is 3.87. The van der Waals surface area contributed by atoms with Gasteiger partial charge in [-0.05, 0) is 48.9 Å². The minimum atomic E-state index is 0.0935. The molecule has 146 valence electrons. The summed E-state index contributed by atoms with van der Waals surface area (Å²) < 4.78 is 2.25. The van der Waals surface area contributed by atoms with Gasteiger partial charge in [0.1, 0.15) is 5.82 Å². The molecule has 3 aromatic rings. The van der Waals surface area contributed by atoms with Gasteiger partial charge in [-0.15, -0.1) is 0 Å². The minimum absolute atomic E-state index is 0.0935. The molecule has 6 heteroatoms. The van der Waals surface area contributed by atoms with E-state index in [-0.39, 0.29) is 11.8 Å². The number of para-hydroxylation sites is 1. The molecule has 1 aromatic carbocycles. The molecule has 0 unspecified atom stereocenters. The van der Waals surface area contributed by atoms with Crippen LogP contribution in [0.3, 0.4) is 0 Å². The molecule has 1 saturated heterocycles. The van der Waals surface area contributed by atoms with Crippen LogP contribution in [0.25, 0.3) is 10.9 Å². The molecule has 0 spiro atoms. The zero-order chi connectivity index (χ0) is 19.3. The van der Waals surface area contributed by atoms with Crippen molar-refractivity contribution in [2.24, 2.45) is 5.92 Å².